The van der Waals surface area contributed by atoms with E-state index in [4.69, 9.17) is 5.26 Å². The van der Waals surface area contributed by atoms with Crippen LogP contribution in [0.2, 0.25) is 0 Å². The van der Waals surface area contributed by atoms with Gasteiger partial charge in [-0.25, -0.2) is 0 Å². The fourth-order valence-electron chi connectivity index (χ4n) is 2.28. The first kappa shape index (κ1) is 14.8. The molecular weight excluding hydrogens is 272 g/mol. The molecule has 0 bridgehead atoms. The lowest BCUT2D eigenvalue weighted by Crippen LogP contribution is -2.35. The maximum absolute atomic E-state index is 8.49. The lowest BCUT2D eigenvalue weighted by atomic mass is 10.1. The zero-order chi connectivity index (χ0) is 13.3. The first-order valence-electron chi connectivity index (χ1n) is 6.74. The molecule has 1 unspecified atom stereocenters. The highest BCUT2D eigenvalue weighted by Gasteiger charge is 2.20. The van der Waals surface area contributed by atoms with E-state index < -0.39 is 0 Å². The van der Waals surface area contributed by atoms with Crippen LogP contribution in [0.3, 0.4) is 0 Å². The Kier molecular flexibility index (Phi) is 6.63. The molecule has 2 rings (SSSR count). The molecular formula is C15H20N2S2. The van der Waals surface area contributed by atoms with Crippen LogP contribution < -0.4 is 0 Å². The Labute approximate surface area is 124 Å². The van der Waals surface area contributed by atoms with Gasteiger partial charge in [-0.2, -0.15) is 17.0 Å². The predicted molar refractivity (Wildman–Crippen MR) is 85.6 cm³/mol. The van der Waals surface area contributed by atoms with Crippen LogP contribution in [0.1, 0.15) is 17.2 Å². The monoisotopic (exact) mass is 292 g/mol. The van der Waals surface area contributed by atoms with Crippen LogP contribution in [0.25, 0.3) is 0 Å². The van der Waals surface area contributed by atoms with Crippen LogP contribution >= 0.6 is 23.5 Å². The van der Waals surface area contributed by atoms with E-state index in [2.05, 4.69) is 53.1 Å². The van der Waals surface area contributed by atoms with Crippen LogP contribution in [-0.4, -0.2) is 41.8 Å². The molecule has 1 fully saturated rings. The molecule has 0 aliphatic carbocycles. The first-order chi connectivity index (χ1) is 9.40. The topological polar surface area (TPSA) is 27.0 Å². The van der Waals surface area contributed by atoms with Crippen molar-refractivity contribution in [3.63, 3.8) is 0 Å². The van der Waals surface area contributed by atoms with Gasteiger partial charge in [0.15, 0.2) is 0 Å². The minimum absolute atomic E-state index is 0.627. The molecule has 1 heterocycles. The highest BCUT2D eigenvalue weighted by molar-refractivity contribution is 7.99. The first-order valence-corrected chi connectivity index (χ1v) is 8.94. The lowest BCUT2D eigenvalue weighted by molar-refractivity contribution is 0.285. The Balaban J connectivity index is 1.73. The van der Waals surface area contributed by atoms with Crippen molar-refractivity contribution >= 4 is 23.5 Å². The van der Waals surface area contributed by atoms with Gasteiger partial charge in [0.2, 0.25) is 0 Å². The summed E-state index contributed by atoms with van der Waals surface area (Å²) in [5.74, 6) is 2.96. The van der Waals surface area contributed by atoms with E-state index in [0.29, 0.717) is 11.0 Å². The molecule has 1 aliphatic rings. The number of hydrogen-bond donors (Lipinski definition) is 0. The van der Waals surface area contributed by atoms with Crippen molar-refractivity contribution in [2.24, 2.45) is 0 Å². The standard InChI is InChI=1S/C15H20N2S2/c16-7-11-18-10-4-8-17-9-12-19-15(13-17)14-5-2-1-3-6-14/h1-3,5-6,15H,4,8-13H2. The smallest absolute Gasteiger partial charge is 0.0808 e. The van der Waals surface area contributed by atoms with Crippen molar-refractivity contribution in [2.45, 2.75) is 11.7 Å². The summed E-state index contributed by atoms with van der Waals surface area (Å²) in [7, 11) is 0. The minimum Gasteiger partial charge on any atom is -0.301 e. The van der Waals surface area contributed by atoms with Crippen LogP contribution in [0, 0.1) is 11.3 Å². The van der Waals surface area contributed by atoms with Gasteiger partial charge in [-0.15, -0.1) is 11.8 Å². The van der Waals surface area contributed by atoms with Crippen LogP contribution in [-0.2, 0) is 0 Å². The molecule has 4 heteroatoms. The average Bonchev–Trinajstić information content (AvgIpc) is 2.48. The fraction of sp³-hybridized carbons (Fsp3) is 0.533. The third-order valence-electron chi connectivity index (χ3n) is 3.25. The van der Waals surface area contributed by atoms with Crippen molar-refractivity contribution in [3.8, 4) is 6.07 Å². The molecule has 0 radical (unpaired) electrons. The van der Waals surface area contributed by atoms with E-state index in [9.17, 15) is 0 Å². The van der Waals surface area contributed by atoms with Gasteiger partial charge >= 0.3 is 0 Å². The SMILES string of the molecule is N#CCSCCCN1CCSC(c2ccccc2)C1. The van der Waals surface area contributed by atoms with Crippen molar-refractivity contribution in [3.05, 3.63) is 35.9 Å². The van der Waals surface area contributed by atoms with Crippen LogP contribution in [0.5, 0.6) is 0 Å². The Hall–Kier alpha value is -0.630. The van der Waals surface area contributed by atoms with Gasteiger partial charge in [0.1, 0.15) is 0 Å². The van der Waals surface area contributed by atoms with Crippen LogP contribution in [0.4, 0.5) is 0 Å². The third-order valence-corrected chi connectivity index (χ3v) is 5.40. The van der Waals surface area contributed by atoms with E-state index in [1.165, 1.54) is 30.8 Å². The van der Waals surface area contributed by atoms with Crippen molar-refractivity contribution in [2.75, 3.05) is 36.9 Å². The third kappa shape index (κ3) is 5.10. The molecule has 0 spiro atoms. The molecule has 1 aliphatic heterocycles. The number of thioether (sulfide) groups is 2. The summed E-state index contributed by atoms with van der Waals surface area (Å²) >= 11 is 3.82. The molecule has 102 valence electrons. The van der Waals surface area contributed by atoms with Gasteiger partial charge in [-0.05, 0) is 24.3 Å². The number of benzene rings is 1. The van der Waals surface area contributed by atoms with E-state index >= 15 is 0 Å². The Morgan fingerprint density at radius 3 is 3.00 bits per heavy atom. The molecule has 19 heavy (non-hydrogen) atoms. The van der Waals surface area contributed by atoms with E-state index in [-0.39, 0.29) is 0 Å². The largest absolute Gasteiger partial charge is 0.301 e. The average molecular weight is 292 g/mol. The molecule has 0 aromatic heterocycles. The molecule has 0 amide bonds. The van der Waals surface area contributed by atoms with E-state index in [1.807, 2.05) is 0 Å². The van der Waals surface area contributed by atoms with Gasteiger partial charge in [0.25, 0.3) is 0 Å². The minimum atomic E-state index is 0.627. The molecule has 0 saturated carbocycles. The van der Waals surface area contributed by atoms with Crippen molar-refractivity contribution in [1.29, 1.82) is 5.26 Å². The second kappa shape index (κ2) is 8.52. The molecule has 2 nitrogen and oxygen atoms in total. The van der Waals surface area contributed by atoms with Crippen molar-refractivity contribution in [1.82, 2.24) is 4.90 Å². The van der Waals surface area contributed by atoms with Gasteiger partial charge < -0.3 is 4.90 Å². The van der Waals surface area contributed by atoms with E-state index in [1.54, 1.807) is 11.8 Å². The second-order valence-corrected chi connectivity index (χ2v) is 7.05. The predicted octanol–water partition coefficient (Wildman–Crippen LogP) is 3.42. The number of rotatable bonds is 6. The molecule has 1 atom stereocenters. The van der Waals surface area contributed by atoms with Gasteiger partial charge in [-0.3, -0.25) is 0 Å². The lowest BCUT2D eigenvalue weighted by Gasteiger charge is -2.32. The van der Waals surface area contributed by atoms with Gasteiger partial charge in [0, 0.05) is 24.1 Å². The number of nitrogens with zero attached hydrogens (tertiary/aromatic N) is 2. The molecule has 0 N–H and O–H groups in total. The number of hydrogen-bond acceptors (Lipinski definition) is 4. The van der Waals surface area contributed by atoms with Gasteiger partial charge in [-0.1, -0.05) is 30.3 Å². The number of nitriles is 1. The molecule has 1 saturated heterocycles. The molecule has 1 aromatic rings. The van der Waals surface area contributed by atoms with Gasteiger partial charge in [0.05, 0.1) is 11.8 Å². The van der Waals surface area contributed by atoms with Crippen molar-refractivity contribution < 1.29 is 0 Å². The maximum Gasteiger partial charge on any atom is 0.0808 e. The summed E-state index contributed by atoms with van der Waals surface area (Å²) in [6.07, 6.45) is 1.19. The summed E-state index contributed by atoms with van der Waals surface area (Å²) in [5, 5.41) is 9.12. The second-order valence-electron chi connectivity index (χ2n) is 4.63. The fourth-order valence-corrected chi connectivity index (χ4v) is 4.17. The Morgan fingerprint density at radius 2 is 2.21 bits per heavy atom. The van der Waals surface area contributed by atoms with Crippen LogP contribution in [0.15, 0.2) is 30.3 Å². The normalized spacial score (nSPS) is 20.1. The summed E-state index contributed by atoms with van der Waals surface area (Å²) in [4.78, 5) is 2.57. The zero-order valence-electron chi connectivity index (χ0n) is 11.1. The Bertz CT molecular complexity index is 402. The zero-order valence-corrected chi connectivity index (χ0v) is 12.8. The highest BCUT2D eigenvalue weighted by Crippen LogP contribution is 2.32. The summed E-state index contributed by atoms with van der Waals surface area (Å²) in [6, 6.07) is 13.0. The summed E-state index contributed by atoms with van der Waals surface area (Å²) in [6.45, 7) is 3.54. The highest BCUT2D eigenvalue weighted by atomic mass is 32.2. The Morgan fingerprint density at radius 1 is 1.37 bits per heavy atom. The maximum atomic E-state index is 8.49. The molecule has 1 aromatic carbocycles. The summed E-state index contributed by atoms with van der Waals surface area (Å²) < 4.78 is 0. The summed E-state index contributed by atoms with van der Waals surface area (Å²) in [5.41, 5.74) is 1.45. The quantitative estimate of drug-likeness (QED) is 0.751. The van der Waals surface area contributed by atoms with E-state index in [0.717, 1.165) is 12.3 Å².